The molecule has 1 aromatic carbocycles. The Bertz CT molecular complexity index is 512. The van der Waals surface area contributed by atoms with Crippen LogP contribution in [0.4, 0.5) is 10.1 Å². The summed E-state index contributed by atoms with van der Waals surface area (Å²) in [5.41, 5.74) is 0.719. The molecule has 4 nitrogen and oxygen atoms in total. The number of nitriles is 1. The highest BCUT2D eigenvalue weighted by molar-refractivity contribution is 5.58. The van der Waals surface area contributed by atoms with Crippen molar-refractivity contribution < 1.29 is 9.13 Å². The van der Waals surface area contributed by atoms with Crippen LogP contribution in [-0.2, 0) is 0 Å². The van der Waals surface area contributed by atoms with Crippen molar-refractivity contribution in [2.75, 3.05) is 25.1 Å². The van der Waals surface area contributed by atoms with Crippen molar-refractivity contribution in [3.63, 3.8) is 0 Å². The molecule has 1 aliphatic rings. The summed E-state index contributed by atoms with van der Waals surface area (Å²) in [5, 5.41) is 12.3. The van der Waals surface area contributed by atoms with E-state index in [-0.39, 0.29) is 17.4 Å². The molecule has 2 rings (SSSR count). The van der Waals surface area contributed by atoms with Crippen molar-refractivity contribution in [3.8, 4) is 11.8 Å². The van der Waals surface area contributed by atoms with Gasteiger partial charge in [-0.2, -0.15) is 5.26 Å². The molecule has 2 atom stereocenters. The van der Waals surface area contributed by atoms with Crippen molar-refractivity contribution in [3.05, 3.63) is 23.5 Å². The maximum atomic E-state index is 13.9. The minimum Gasteiger partial charge on any atom is -0.495 e. The largest absolute Gasteiger partial charge is 0.495 e. The first kappa shape index (κ1) is 13.6. The van der Waals surface area contributed by atoms with Crippen molar-refractivity contribution >= 4 is 5.69 Å². The summed E-state index contributed by atoms with van der Waals surface area (Å²) in [7, 11) is 1.45. The molecule has 1 fully saturated rings. The number of rotatable bonds is 2. The molecule has 0 aliphatic carbocycles. The van der Waals surface area contributed by atoms with Crippen molar-refractivity contribution in [2.24, 2.45) is 0 Å². The van der Waals surface area contributed by atoms with E-state index in [1.165, 1.54) is 13.2 Å². The molecule has 0 bridgehead atoms. The minimum absolute atomic E-state index is 0.0397. The smallest absolute Gasteiger partial charge is 0.146 e. The average molecular weight is 263 g/mol. The number of anilines is 1. The zero-order valence-electron chi connectivity index (χ0n) is 11.4. The van der Waals surface area contributed by atoms with Crippen LogP contribution < -0.4 is 15.0 Å². The first-order valence-electron chi connectivity index (χ1n) is 6.34. The number of ether oxygens (including phenoxy) is 1. The molecule has 19 heavy (non-hydrogen) atoms. The molecule has 1 heterocycles. The van der Waals surface area contributed by atoms with E-state index >= 15 is 0 Å². The van der Waals surface area contributed by atoms with Gasteiger partial charge >= 0.3 is 0 Å². The lowest BCUT2D eigenvalue weighted by molar-refractivity contribution is 0.405. The molecule has 0 radical (unpaired) electrons. The van der Waals surface area contributed by atoms with Gasteiger partial charge in [0.15, 0.2) is 0 Å². The van der Waals surface area contributed by atoms with Crippen LogP contribution in [0.1, 0.15) is 19.4 Å². The first-order chi connectivity index (χ1) is 9.06. The van der Waals surface area contributed by atoms with Gasteiger partial charge < -0.3 is 15.0 Å². The lowest BCUT2D eigenvalue weighted by Gasteiger charge is -2.39. The number of nitrogens with one attached hydrogen (secondary N) is 1. The van der Waals surface area contributed by atoms with E-state index in [0.717, 1.165) is 18.8 Å². The van der Waals surface area contributed by atoms with E-state index in [1.54, 1.807) is 6.07 Å². The van der Waals surface area contributed by atoms with E-state index in [0.29, 0.717) is 6.04 Å². The van der Waals surface area contributed by atoms with Crippen molar-refractivity contribution in [1.82, 2.24) is 5.32 Å². The van der Waals surface area contributed by atoms with Gasteiger partial charge in [0.05, 0.1) is 7.11 Å². The second kappa shape index (κ2) is 5.45. The summed E-state index contributed by atoms with van der Waals surface area (Å²) in [4.78, 5) is 2.13. The Hall–Kier alpha value is -1.80. The van der Waals surface area contributed by atoms with Gasteiger partial charge in [0.1, 0.15) is 23.2 Å². The monoisotopic (exact) mass is 263 g/mol. The lowest BCUT2D eigenvalue weighted by Crippen LogP contribution is -2.54. The second-order valence-corrected chi connectivity index (χ2v) is 4.93. The van der Waals surface area contributed by atoms with E-state index in [2.05, 4.69) is 24.1 Å². The molecule has 1 unspecified atom stereocenters. The van der Waals surface area contributed by atoms with E-state index in [9.17, 15) is 4.39 Å². The Balaban J connectivity index is 2.40. The number of benzene rings is 1. The van der Waals surface area contributed by atoms with Crippen LogP contribution in [0.3, 0.4) is 0 Å². The highest BCUT2D eigenvalue weighted by Crippen LogP contribution is 2.29. The Morgan fingerprint density at radius 1 is 1.47 bits per heavy atom. The molecular formula is C14H18FN3O. The third-order valence-corrected chi connectivity index (χ3v) is 3.47. The molecule has 0 saturated carbocycles. The number of hydrogen-bond acceptors (Lipinski definition) is 4. The topological polar surface area (TPSA) is 48.3 Å². The number of piperazine rings is 1. The third-order valence-electron chi connectivity index (χ3n) is 3.47. The summed E-state index contributed by atoms with van der Waals surface area (Å²) in [6, 6.07) is 5.60. The van der Waals surface area contributed by atoms with Gasteiger partial charge in [0, 0.05) is 36.9 Å². The van der Waals surface area contributed by atoms with Crippen molar-refractivity contribution in [2.45, 2.75) is 25.9 Å². The van der Waals surface area contributed by atoms with Gasteiger partial charge in [-0.05, 0) is 19.9 Å². The number of methoxy groups -OCH3 is 1. The molecule has 102 valence electrons. The molecule has 0 aromatic heterocycles. The van der Waals surface area contributed by atoms with Gasteiger partial charge in [-0.25, -0.2) is 4.39 Å². The summed E-state index contributed by atoms with van der Waals surface area (Å²) in [6.07, 6.45) is 0. The Morgan fingerprint density at radius 2 is 2.21 bits per heavy atom. The molecule has 1 aliphatic heterocycles. The summed E-state index contributed by atoms with van der Waals surface area (Å²) < 4.78 is 19.0. The van der Waals surface area contributed by atoms with Gasteiger partial charge in [-0.15, -0.1) is 0 Å². The Morgan fingerprint density at radius 3 is 2.84 bits per heavy atom. The predicted octanol–water partition coefficient (Wildman–Crippen LogP) is 1.89. The van der Waals surface area contributed by atoms with Crippen molar-refractivity contribution in [1.29, 1.82) is 5.26 Å². The van der Waals surface area contributed by atoms with Crippen LogP contribution in [0.5, 0.6) is 5.75 Å². The SMILES string of the molecule is COc1cc(N2CC(C)NC[C@@H]2C)cc(F)c1C#N. The maximum Gasteiger partial charge on any atom is 0.146 e. The highest BCUT2D eigenvalue weighted by Gasteiger charge is 2.24. The van der Waals surface area contributed by atoms with Crippen LogP contribution in [0.25, 0.3) is 0 Å². The Labute approximate surface area is 112 Å². The molecule has 0 spiro atoms. The normalized spacial score (nSPS) is 23.0. The predicted molar refractivity (Wildman–Crippen MR) is 71.9 cm³/mol. The Kier molecular flexibility index (Phi) is 3.91. The zero-order chi connectivity index (χ0) is 14.0. The average Bonchev–Trinajstić information content (AvgIpc) is 2.40. The highest BCUT2D eigenvalue weighted by atomic mass is 19.1. The number of nitrogens with zero attached hydrogens (tertiary/aromatic N) is 2. The molecule has 0 amide bonds. The zero-order valence-corrected chi connectivity index (χ0v) is 11.4. The van der Waals surface area contributed by atoms with Gasteiger partial charge in [-0.3, -0.25) is 0 Å². The van der Waals surface area contributed by atoms with Crippen LogP contribution in [0, 0.1) is 17.1 Å². The quantitative estimate of drug-likeness (QED) is 0.885. The molecule has 1 saturated heterocycles. The molecular weight excluding hydrogens is 245 g/mol. The second-order valence-electron chi connectivity index (χ2n) is 4.93. The third kappa shape index (κ3) is 2.64. The molecule has 1 N–H and O–H groups in total. The lowest BCUT2D eigenvalue weighted by atomic mass is 10.1. The first-order valence-corrected chi connectivity index (χ1v) is 6.34. The van der Waals surface area contributed by atoms with Gasteiger partial charge in [0.25, 0.3) is 0 Å². The van der Waals surface area contributed by atoms with E-state index in [1.807, 2.05) is 6.07 Å². The van der Waals surface area contributed by atoms with Crippen LogP contribution in [0.2, 0.25) is 0 Å². The standard InChI is InChI=1S/C14H18FN3O/c1-9-8-18(10(2)7-17-9)11-4-13(15)12(6-16)14(5-11)19-3/h4-5,9-10,17H,7-8H2,1-3H3/t9?,10-/m0/s1. The fraction of sp³-hybridized carbons (Fsp3) is 0.500. The number of halogens is 1. The van der Waals surface area contributed by atoms with Gasteiger partial charge in [-0.1, -0.05) is 0 Å². The summed E-state index contributed by atoms with van der Waals surface area (Å²) >= 11 is 0. The maximum absolute atomic E-state index is 13.9. The minimum atomic E-state index is -0.532. The van der Waals surface area contributed by atoms with Crippen LogP contribution in [-0.4, -0.2) is 32.3 Å². The van der Waals surface area contributed by atoms with E-state index in [4.69, 9.17) is 10.00 Å². The van der Waals surface area contributed by atoms with Gasteiger partial charge in [0.2, 0.25) is 0 Å². The number of hydrogen-bond donors (Lipinski definition) is 1. The fourth-order valence-corrected chi connectivity index (χ4v) is 2.38. The summed E-state index contributed by atoms with van der Waals surface area (Å²) in [5.74, 6) is -0.244. The van der Waals surface area contributed by atoms with Crippen LogP contribution >= 0.6 is 0 Å². The summed E-state index contributed by atoms with van der Waals surface area (Å²) in [6.45, 7) is 5.83. The van der Waals surface area contributed by atoms with Crippen LogP contribution in [0.15, 0.2) is 12.1 Å². The molecule has 5 heteroatoms. The van der Waals surface area contributed by atoms with E-state index < -0.39 is 5.82 Å². The molecule has 1 aromatic rings. The fourth-order valence-electron chi connectivity index (χ4n) is 2.38.